The molecule has 0 aliphatic heterocycles. The molecule has 0 aliphatic rings. The molecule has 2 aromatic heterocycles. The zero-order valence-corrected chi connectivity index (χ0v) is 6.91. The lowest BCUT2D eigenvalue weighted by Gasteiger charge is -1.89. The molecule has 0 aliphatic carbocycles. The molecule has 0 amide bonds. The number of hydrogen-bond donors (Lipinski definition) is 1. The number of carboxylic acid groups (broad SMARTS) is 1. The minimum absolute atomic E-state index is 0.140. The smallest absolute Gasteiger partial charge is 0.358 e. The van der Waals surface area contributed by atoms with Crippen LogP contribution in [0.1, 0.15) is 10.5 Å². The molecule has 0 radical (unpaired) electrons. The molecule has 1 N–H and O–H groups in total. The summed E-state index contributed by atoms with van der Waals surface area (Å²) < 4.78 is 4.79. The predicted octanol–water partition coefficient (Wildman–Crippen LogP) is 0.830. The number of aromatic nitrogens is 3. The first-order valence-electron chi connectivity index (χ1n) is 3.74. The van der Waals surface area contributed by atoms with Gasteiger partial charge in [-0.2, -0.15) is 0 Å². The minimum atomic E-state index is -1.13. The summed E-state index contributed by atoms with van der Waals surface area (Å²) in [7, 11) is 0. The van der Waals surface area contributed by atoms with Crippen molar-refractivity contribution in [3.8, 4) is 11.5 Å². The second kappa shape index (κ2) is 3.25. The van der Waals surface area contributed by atoms with Crippen molar-refractivity contribution in [2.45, 2.75) is 0 Å². The second-order valence-corrected chi connectivity index (χ2v) is 2.48. The Morgan fingerprint density at radius 3 is 2.93 bits per heavy atom. The van der Waals surface area contributed by atoms with Gasteiger partial charge < -0.3 is 9.63 Å². The molecule has 0 saturated heterocycles. The van der Waals surface area contributed by atoms with Crippen molar-refractivity contribution in [3.05, 3.63) is 30.4 Å². The number of rotatable bonds is 2. The average Bonchev–Trinajstić information content (AvgIpc) is 2.68. The Labute approximate surface area is 78.2 Å². The summed E-state index contributed by atoms with van der Waals surface area (Å²) in [6.45, 7) is 0. The van der Waals surface area contributed by atoms with E-state index in [1.54, 1.807) is 6.07 Å². The van der Waals surface area contributed by atoms with Crippen molar-refractivity contribution in [3.63, 3.8) is 0 Å². The summed E-state index contributed by atoms with van der Waals surface area (Å²) in [5, 5.41) is 11.9. The Hall–Kier alpha value is -2.24. The lowest BCUT2D eigenvalue weighted by molar-refractivity contribution is 0.0686. The zero-order chi connectivity index (χ0) is 9.97. The van der Waals surface area contributed by atoms with Crippen LogP contribution in [0.15, 0.2) is 29.2 Å². The first-order chi connectivity index (χ1) is 6.77. The van der Waals surface area contributed by atoms with Gasteiger partial charge in [0, 0.05) is 12.3 Å². The highest BCUT2D eigenvalue weighted by molar-refractivity contribution is 5.86. The number of carbonyl (C=O) groups is 1. The Bertz CT molecular complexity index is 452. The molecule has 0 aromatic carbocycles. The molecule has 6 nitrogen and oxygen atoms in total. The largest absolute Gasteiger partial charge is 0.476 e. The minimum Gasteiger partial charge on any atom is -0.476 e. The van der Waals surface area contributed by atoms with Gasteiger partial charge in [0.25, 0.3) is 0 Å². The molecule has 0 bridgehead atoms. The van der Waals surface area contributed by atoms with E-state index in [0.29, 0.717) is 11.5 Å². The summed E-state index contributed by atoms with van der Waals surface area (Å²) in [6, 6.07) is 2.91. The molecule has 0 unspecified atom stereocenters. The van der Waals surface area contributed by atoms with E-state index in [4.69, 9.17) is 9.63 Å². The van der Waals surface area contributed by atoms with Gasteiger partial charge >= 0.3 is 5.97 Å². The van der Waals surface area contributed by atoms with E-state index in [0.717, 1.165) is 0 Å². The quantitative estimate of drug-likeness (QED) is 0.756. The second-order valence-electron chi connectivity index (χ2n) is 2.48. The first kappa shape index (κ1) is 8.36. The molecule has 70 valence electrons. The van der Waals surface area contributed by atoms with Crippen molar-refractivity contribution in [1.82, 2.24) is 15.1 Å². The van der Waals surface area contributed by atoms with E-state index in [-0.39, 0.29) is 5.69 Å². The molecule has 0 saturated carbocycles. The van der Waals surface area contributed by atoms with Crippen molar-refractivity contribution in [2.24, 2.45) is 0 Å². The van der Waals surface area contributed by atoms with Gasteiger partial charge in [0.05, 0.1) is 0 Å². The van der Waals surface area contributed by atoms with E-state index >= 15 is 0 Å². The van der Waals surface area contributed by atoms with E-state index in [9.17, 15) is 4.79 Å². The van der Waals surface area contributed by atoms with Crippen LogP contribution in [-0.2, 0) is 0 Å². The topological polar surface area (TPSA) is 89.1 Å². The molecular weight excluding hydrogens is 186 g/mol. The van der Waals surface area contributed by atoms with Crippen LogP contribution in [0.4, 0.5) is 0 Å². The number of hydrogen-bond acceptors (Lipinski definition) is 5. The van der Waals surface area contributed by atoms with Crippen molar-refractivity contribution in [1.29, 1.82) is 0 Å². The summed E-state index contributed by atoms with van der Waals surface area (Å²) >= 11 is 0. The highest BCUT2D eigenvalue weighted by Gasteiger charge is 2.12. The van der Waals surface area contributed by atoms with Gasteiger partial charge in [-0.1, -0.05) is 5.16 Å². The van der Waals surface area contributed by atoms with Gasteiger partial charge in [0.1, 0.15) is 12.0 Å². The summed E-state index contributed by atoms with van der Waals surface area (Å²) in [5.41, 5.74) is 0.360. The molecule has 2 rings (SSSR count). The normalized spacial score (nSPS) is 10.0. The maximum absolute atomic E-state index is 10.5. The van der Waals surface area contributed by atoms with Gasteiger partial charge in [-0.15, -0.1) is 0 Å². The number of aromatic carboxylic acids is 1. The highest BCUT2D eigenvalue weighted by Crippen LogP contribution is 2.16. The Kier molecular flexibility index (Phi) is 1.94. The molecule has 6 heteroatoms. The molecule has 14 heavy (non-hydrogen) atoms. The van der Waals surface area contributed by atoms with Crippen LogP contribution in [0, 0.1) is 0 Å². The van der Waals surface area contributed by atoms with Crippen molar-refractivity contribution >= 4 is 5.97 Å². The van der Waals surface area contributed by atoms with Gasteiger partial charge in [-0.3, -0.25) is 0 Å². The van der Waals surface area contributed by atoms with Crippen LogP contribution in [-0.4, -0.2) is 26.2 Å². The maximum Gasteiger partial charge on any atom is 0.358 e. The van der Waals surface area contributed by atoms with Crippen LogP contribution in [0.2, 0.25) is 0 Å². The average molecular weight is 191 g/mol. The standard InChI is InChI=1S/C8H5N3O3/c12-8(13)6-3-7(14-11-6)5-1-2-9-4-10-5/h1-4H,(H,12,13). The fourth-order valence-corrected chi connectivity index (χ4v) is 0.933. The van der Waals surface area contributed by atoms with Crippen LogP contribution in [0.3, 0.4) is 0 Å². The Morgan fingerprint density at radius 2 is 2.36 bits per heavy atom. The first-order valence-corrected chi connectivity index (χ1v) is 3.74. The van der Waals surface area contributed by atoms with Crippen LogP contribution < -0.4 is 0 Å². The van der Waals surface area contributed by atoms with Crippen LogP contribution in [0.5, 0.6) is 0 Å². The molecule has 2 heterocycles. The van der Waals surface area contributed by atoms with Gasteiger partial charge in [-0.05, 0) is 6.07 Å². The Balaban J connectivity index is 2.39. The van der Waals surface area contributed by atoms with Gasteiger partial charge in [-0.25, -0.2) is 14.8 Å². The third-order valence-corrected chi connectivity index (χ3v) is 1.56. The summed E-state index contributed by atoms with van der Waals surface area (Å²) in [4.78, 5) is 18.1. The monoisotopic (exact) mass is 191 g/mol. The van der Waals surface area contributed by atoms with Crippen molar-refractivity contribution in [2.75, 3.05) is 0 Å². The fourth-order valence-electron chi connectivity index (χ4n) is 0.933. The van der Waals surface area contributed by atoms with E-state index in [1.807, 2.05) is 0 Å². The molecule has 0 fully saturated rings. The fraction of sp³-hybridized carbons (Fsp3) is 0. The van der Waals surface area contributed by atoms with E-state index < -0.39 is 5.97 Å². The SMILES string of the molecule is O=C(O)c1cc(-c2ccncn2)on1. The third-order valence-electron chi connectivity index (χ3n) is 1.56. The van der Waals surface area contributed by atoms with Gasteiger partial charge in [0.2, 0.25) is 0 Å². The van der Waals surface area contributed by atoms with Gasteiger partial charge in [0.15, 0.2) is 11.5 Å². The molecule has 0 spiro atoms. The third kappa shape index (κ3) is 1.45. The number of nitrogens with zero attached hydrogens (tertiary/aromatic N) is 3. The van der Waals surface area contributed by atoms with E-state index in [2.05, 4.69) is 15.1 Å². The van der Waals surface area contributed by atoms with Crippen molar-refractivity contribution < 1.29 is 14.4 Å². The van der Waals surface area contributed by atoms with Crippen LogP contribution in [0.25, 0.3) is 11.5 Å². The maximum atomic E-state index is 10.5. The van der Waals surface area contributed by atoms with E-state index in [1.165, 1.54) is 18.6 Å². The lowest BCUT2D eigenvalue weighted by atomic mass is 10.3. The Morgan fingerprint density at radius 1 is 1.50 bits per heavy atom. The zero-order valence-electron chi connectivity index (χ0n) is 6.91. The summed E-state index contributed by atoms with van der Waals surface area (Å²) in [5.74, 6) is -0.821. The molecule has 0 atom stereocenters. The molecule has 2 aromatic rings. The van der Waals surface area contributed by atoms with Crippen LogP contribution >= 0.6 is 0 Å². The predicted molar refractivity (Wildman–Crippen MR) is 44.5 cm³/mol. The lowest BCUT2D eigenvalue weighted by Crippen LogP contribution is -1.94. The molecular formula is C8H5N3O3. The highest BCUT2D eigenvalue weighted by atomic mass is 16.5. The summed E-state index contributed by atoms with van der Waals surface area (Å²) in [6.07, 6.45) is 2.88. The number of carboxylic acids is 1.